The highest BCUT2D eigenvalue weighted by Crippen LogP contribution is 2.13. The zero-order chi connectivity index (χ0) is 12.2. The second kappa shape index (κ2) is 6.49. The maximum absolute atomic E-state index is 2.45. The van der Waals surface area contributed by atoms with Crippen molar-refractivity contribution in [3.05, 3.63) is 0 Å². The minimum atomic E-state index is 0.636. The molecule has 2 nitrogen and oxygen atoms in total. The monoisotopic (exact) mass is 214 g/mol. The van der Waals surface area contributed by atoms with Gasteiger partial charge >= 0.3 is 0 Å². The number of hydrogen-bond donors (Lipinski definition) is 0. The molecule has 0 aliphatic heterocycles. The fourth-order valence-corrected chi connectivity index (χ4v) is 1.84. The molecule has 0 N–H and O–H groups in total. The molecule has 0 radical (unpaired) electrons. The molecule has 0 amide bonds. The SMILES string of the molecule is CC(C)N(C)C(C)CC(C)N(C)C(C)C. The summed E-state index contributed by atoms with van der Waals surface area (Å²) in [5.41, 5.74) is 0. The van der Waals surface area contributed by atoms with Crippen LogP contribution in [0.5, 0.6) is 0 Å². The summed E-state index contributed by atoms with van der Waals surface area (Å²) >= 11 is 0. The number of hydrogen-bond acceptors (Lipinski definition) is 2. The van der Waals surface area contributed by atoms with Crippen LogP contribution in [0.25, 0.3) is 0 Å². The van der Waals surface area contributed by atoms with Gasteiger partial charge in [0.15, 0.2) is 0 Å². The Labute approximate surface area is 96.6 Å². The summed E-state index contributed by atoms with van der Waals surface area (Å²) in [5, 5.41) is 0. The molecule has 0 bridgehead atoms. The van der Waals surface area contributed by atoms with E-state index in [9.17, 15) is 0 Å². The van der Waals surface area contributed by atoms with Gasteiger partial charge in [-0.3, -0.25) is 0 Å². The molecule has 0 aromatic rings. The van der Waals surface area contributed by atoms with Crippen molar-refractivity contribution in [1.29, 1.82) is 0 Å². The van der Waals surface area contributed by atoms with Crippen LogP contribution in [0, 0.1) is 0 Å². The quantitative estimate of drug-likeness (QED) is 0.671. The molecule has 0 aliphatic carbocycles. The fourth-order valence-electron chi connectivity index (χ4n) is 1.84. The Morgan fingerprint density at radius 3 is 1.13 bits per heavy atom. The van der Waals surface area contributed by atoms with Gasteiger partial charge in [-0.15, -0.1) is 0 Å². The molecule has 0 rings (SSSR count). The number of rotatable bonds is 6. The van der Waals surface area contributed by atoms with Crippen LogP contribution in [0.4, 0.5) is 0 Å². The smallest absolute Gasteiger partial charge is 0.00813 e. The Morgan fingerprint density at radius 1 is 0.667 bits per heavy atom. The van der Waals surface area contributed by atoms with Gasteiger partial charge in [0.2, 0.25) is 0 Å². The zero-order valence-corrected chi connectivity index (χ0v) is 11.9. The van der Waals surface area contributed by atoms with Crippen molar-refractivity contribution >= 4 is 0 Å². The molecule has 0 fully saturated rings. The average molecular weight is 214 g/mol. The molecule has 2 heteroatoms. The van der Waals surface area contributed by atoms with Gasteiger partial charge in [-0.25, -0.2) is 0 Å². The highest BCUT2D eigenvalue weighted by molar-refractivity contribution is 4.75. The Bertz CT molecular complexity index is 148. The van der Waals surface area contributed by atoms with Crippen molar-refractivity contribution < 1.29 is 0 Å². The molecule has 0 aromatic carbocycles. The summed E-state index contributed by atoms with van der Waals surface area (Å²) < 4.78 is 0. The van der Waals surface area contributed by atoms with Crippen LogP contribution >= 0.6 is 0 Å². The van der Waals surface area contributed by atoms with Crippen molar-refractivity contribution in [3.63, 3.8) is 0 Å². The topological polar surface area (TPSA) is 6.48 Å². The molecule has 0 saturated carbocycles. The maximum Gasteiger partial charge on any atom is 0.00813 e. The normalized spacial score (nSPS) is 16.8. The van der Waals surface area contributed by atoms with Crippen molar-refractivity contribution in [2.24, 2.45) is 0 Å². The molecule has 0 spiro atoms. The first kappa shape index (κ1) is 14.9. The van der Waals surface area contributed by atoms with Gasteiger partial charge in [-0.1, -0.05) is 0 Å². The Kier molecular flexibility index (Phi) is 6.46. The first-order valence-electron chi connectivity index (χ1n) is 6.21. The van der Waals surface area contributed by atoms with Crippen LogP contribution in [0.15, 0.2) is 0 Å². The molecular weight excluding hydrogens is 184 g/mol. The van der Waals surface area contributed by atoms with Crippen LogP contribution < -0.4 is 0 Å². The first-order chi connectivity index (χ1) is 6.77. The lowest BCUT2D eigenvalue weighted by Gasteiger charge is -2.35. The summed E-state index contributed by atoms with van der Waals surface area (Å²) in [4.78, 5) is 4.90. The van der Waals surface area contributed by atoms with Gasteiger partial charge in [-0.2, -0.15) is 0 Å². The zero-order valence-electron chi connectivity index (χ0n) is 11.9. The highest BCUT2D eigenvalue weighted by Gasteiger charge is 2.19. The van der Waals surface area contributed by atoms with Crippen LogP contribution in [0.2, 0.25) is 0 Å². The van der Waals surface area contributed by atoms with Crippen molar-refractivity contribution in [3.8, 4) is 0 Å². The van der Waals surface area contributed by atoms with E-state index in [1.807, 2.05) is 0 Å². The van der Waals surface area contributed by atoms with Crippen LogP contribution in [-0.4, -0.2) is 48.1 Å². The van der Waals surface area contributed by atoms with Gasteiger partial charge in [0.1, 0.15) is 0 Å². The van der Waals surface area contributed by atoms with Gasteiger partial charge in [0.05, 0.1) is 0 Å². The predicted octanol–water partition coefficient (Wildman–Crippen LogP) is 2.83. The van der Waals surface area contributed by atoms with Crippen LogP contribution in [0.1, 0.15) is 48.0 Å². The highest BCUT2D eigenvalue weighted by atomic mass is 15.2. The minimum Gasteiger partial charge on any atom is -0.301 e. The van der Waals surface area contributed by atoms with E-state index in [4.69, 9.17) is 0 Å². The van der Waals surface area contributed by atoms with Crippen LogP contribution in [-0.2, 0) is 0 Å². The second-order valence-corrected chi connectivity index (χ2v) is 5.45. The van der Waals surface area contributed by atoms with E-state index in [-0.39, 0.29) is 0 Å². The summed E-state index contributed by atoms with van der Waals surface area (Å²) in [6.07, 6.45) is 1.24. The first-order valence-corrected chi connectivity index (χ1v) is 6.21. The lowest BCUT2D eigenvalue weighted by molar-refractivity contribution is 0.136. The molecule has 15 heavy (non-hydrogen) atoms. The third kappa shape index (κ3) is 4.98. The summed E-state index contributed by atoms with van der Waals surface area (Å²) in [5.74, 6) is 0. The third-order valence-electron chi connectivity index (χ3n) is 3.70. The largest absolute Gasteiger partial charge is 0.301 e. The minimum absolute atomic E-state index is 0.636. The van der Waals surface area contributed by atoms with Gasteiger partial charge in [0.25, 0.3) is 0 Å². The standard InChI is InChI=1S/C13H30N2/c1-10(2)14(7)12(5)9-13(6)15(8)11(3)4/h10-13H,9H2,1-8H3. The van der Waals surface area contributed by atoms with Gasteiger partial charge in [0, 0.05) is 24.2 Å². The molecule has 2 atom stereocenters. The van der Waals surface area contributed by atoms with E-state index in [1.165, 1.54) is 6.42 Å². The van der Waals surface area contributed by atoms with E-state index in [0.29, 0.717) is 24.2 Å². The Hall–Kier alpha value is -0.0800. The fraction of sp³-hybridized carbons (Fsp3) is 1.00. The van der Waals surface area contributed by atoms with E-state index in [2.05, 4.69) is 65.4 Å². The Morgan fingerprint density at radius 2 is 0.933 bits per heavy atom. The molecule has 92 valence electrons. The van der Waals surface area contributed by atoms with Gasteiger partial charge < -0.3 is 9.80 Å². The van der Waals surface area contributed by atoms with E-state index >= 15 is 0 Å². The van der Waals surface area contributed by atoms with Gasteiger partial charge in [-0.05, 0) is 62.1 Å². The average Bonchev–Trinajstić information content (AvgIpc) is 2.14. The molecule has 0 saturated heterocycles. The van der Waals surface area contributed by atoms with Crippen molar-refractivity contribution in [2.45, 2.75) is 72.1 Å². The lowest BCUT2D eigenvalue weighted by Crippen LogP contribution is -2.42. The molecule has 2 unspecified atom stereocenters. The molecule has 0 heterocycles. The molecule has 0 aliphatic rings. The summed E-state index contributed by atoms with van der Waals surface area (Å²) in [6, 6.07) is 2.58. The van der Waals surface area contributed by atoms with E-state index < -0.39 is 0 Å². The summed E-state index contributed by atoms with van der Waals surface area (Å²) in [7, 11) is 4.44. The third-order valence-corrected chi connectivity index (χ3v) is 3.70. The van der Waals surface area contributed by atoms with Crippen molar-refractivity contribution in [1.82, 2.24) is 9.80 Å². The van der Waals surface area contributed by atoms with Crippen molar-refractivity contribution in [2.75, 3.05) is 14.1 Å². The predicted molar refractivity (Wildman–Crippen MR) is 69.3 cm³/mol. The summed E-state index contributed by atoms with van der Waals surface area (Å²) in [6.45, 7) is 13.7. The Balaban J connectivity index is 4.11. The molecule has 0 aromatic heterocycles. The molecular formula is C13H30N2. The lowest BCUT2D eigenvalue weighted by atomic mass is 10.1. The van der Waals surface area contributed by atoms with E-state index in [0.717, 1.165) is 0 Å². The van der Waals surface area contributed by atoms with E-state index in [1.54, 1.807) is 0 Å². The number of nitrogens with zero attached hydrogens (tertiary/aromatic N) is 2. The van der Waals surface area contributed by atoms with Crippen LogP contribution in [0.3, 0.4) is 0 Å². The second-order valence-electron chi connectivity index (χ2n) is 5.45. The maximum atomic E-state index is 2.45.